The summed E-state index contributed by atoms with van der Waals surface area (Å²) in [7, 11) is 0. The molecule has 0 saturated heterocycles. The predicted octanol–water partition coefficient (Wildman–Crippen LogP) is 1.53. The third kappa shape index (κ3) is 8.45. The third-order valence-corrected chi connectivity index (χ3v) is 4.00. The van der Waals surface area contributed by atoms with Gasteiger partial charge in [-0.15, -0.1) is 0 Å². The zero-order chi connectivity index (χ0) is 18.0. The van der Waals surface area contributed by atoms with Crippen molar-refractivity contribution in [3.8, 4) is 0 Å². The molecule has 0 bridgehead atoms. The van der Waals surface area contributed by atoms with Crippen LogP contribution in [-0.2, 0) is 14.3 Å². The van der Waals surface area contributed by atoms with Crippen LogP contribution in [0.25, 0.3) is 0 Å². The topological polar surface area (TPSA) is 87.7 Å². The van der Waals surface area contributed by atoms with Crippen molar-refractivity contribution in [3.63, 3.8) is 0 Å². The molecule has 0 spiro atoms. The molecule has 2 unspecified atom stereocenters. The molecule has 2 atom stereocenters. The molecular formula is C18H32N2O4. The fourth-order valence-corrected chi connectivity index (χ4v) is 2.44. The number of hydrogen-bond donors (Lipinski definition) is 3. The van der Waals surface area contributed by atoms with E-state index in [1.165, 1.54) is 0 Å². The van der Waals surface area contributed by atoms with Crippen molar-refractivity contribution in [1.82, 2.24) is 10.6 Å². The van der Waals surface area contributed by atoms with Crippen molar-refractivity contribution in [2.24, 2.45) is 5.92 Å². The lowest BCUT2D eigenvalue weighted by atomic mass is 9.96. The molecule has 6 nitrogen and oxygen atoms in total. The molecule has 0 radical (unpaired) electrons. The van der Waals surface area contributed by atoms with Gasteiger partial charge < -0.3 is 20.5 Å². The summed E-state index contributed by atoms with van der Waals surface area (Å²) < 4.78 is 5.19. The Labute approximate surface area is 145 Å². The number of ether oxygens (including phenoxy) is 1. The lowest BCUT2D eigenvalue weighted by Gasteiger charge is -2.28. The van der Waals surface area contributed by atoms with Crippen molar-refractivity contribution < 1.29 is 19.4 Å². The third-order valence-electron chi connectivity index (χ3n) is 4.00. The normalized spacial score (nSPS) is 18.9. The average Bonchev–Trinajstić information content (AvgIpc) is 2.57. The Bertz CT molecular complexity index is 435. The van der Waals surface area contributed by atoms with Crippen molar-refractivity contribution in [2.45, 2.75) is 64.5 Å². The zero-order valence-corrected chi connectivity index (χ0v) is 15.1. The standard InChI is InChI=1S/C18H32N2O4/c1-4-8-16(22)19-13-18(2,3)20-11-15(21)12-24-17(23)14-9-6-5-7-10-14/h6,9,14-15,20-21H,4-5,7-8,10-13H2,1-3H3,(H,19,22). The van der Waals surface area contributed by atoms with Crippen LogP contribution in [0.4, 0.5) is 0 Å². The molecule has 1 rings (SSSR count). The Hall–Kier alpha value is -1.40. The molecule has 1 aliphatic carbocycles. The number of carbonyl (C=O) groups excluding carboxylic acids is 2. The molecule has 6 heteroatoms. The molecule has 0 fully saturated rings. The van der Waals surface area contributed by atoms with E-state index in [-0.39, 0.29) is 29.9 Å². The van der Waals surface area contributed by atoms with Crippen LogP contribution in [0.2, 0.25) is 0 Å². The number of rotatable bonds is 10. The number of β-amino-alcohol motifs (C(OH)–C–C–N with tert-alkyl or cyclic N) is 1. The number of esters is 1. The highest BCUT2D eigenvalue weighted by Gasteiger charge is 2.22. The summed E-state index contributed by atoms with van der Waals surface area (Å²) in [5.74, 6) is -0.414. The van der Waals surface area contributed by atoms with Crippen LogP contribution < -0.4 is 10.6 Å². The smallest absolute Gasteiger partial charge is 0.312 e. The van der Waals surface area contributed by atoms with E-state index in [2.05, 4.69) is 10.6 Å². The van der Waals surface area contributed by atoms with Crippen molar-refractivity contribution in [1.29, 1.82) is 0 Å². The largest absolute Gasteiger partial charge is 0.462 e. The summed E-state index contributed by atoms with van der Waals surface area (Å²) in [5, 5.41) is 16.0. The Morgan fingerprint density at radius 1 is 1.42 bits per heavy atom. The first-order valence-corrected chi connectivity index (χ1v) is 8.87. The minimum atomic E-state index is -0.771. The highest BCUT2D eigenvalue weighted by Crippen LogP contribution is 2.18. The van der Waals surface area contributed by atoms with Crippen LogP contribution >= 0.6 is 0 Å². The molecule has 0 saturated carbocycles. The van der Waals surface area contributed by atoms with Gasteiger partial charge in [-0.2, -0.15) is 0 Å². The summed E-state index contributed by atoms with van der Waals surface area (Å²) >= 11 is 0. The number of nitrogens with one attached hydrogen (secondary N) is 2. The number of allylic oxidation sites excluding steroid dienone is 1. The van der Waals surface area contributed by atoms with E-state index in [0.29, 0.717) is 19.5 Å². The number of aliphatic hydroxyl groups excluding tert-OH is 1. The van der Waals surface area contributed by atoms with E-state index in [4.69, 9.17) is 4.74 Å². The van der Waals surface area contributed by atoms with E-state index in [9.17, 15) is 14.7 Å². The maximum atomic E-state index is 11.9. The molecular weight excluding hydrogens is 308 g/mol. The highest BCUT2D eigenvalue weighted by atomic mass is 16.5. The van der Waals surface area contributed by atoms with Gasteiger partial charge in [0.05, 0.1) is 5.92 Å². The van der Waals surface area contributed by atoms with Crippen molar-refractivity contribution >= 4 is 11.9 Å². The van der Waals surface area contributed by atoms with Crippen LogP contribution in [0.3, 0.4) is 0 Å². The molecule has 0 aromatic carbocycles. The van der Waals surface area contributed by atoms with Gasteiger partial charge in [0.2, 0.25) is 5.91 Å². The number of amides is 1. The minimum Gasteiger partial charge on any atom is -0.462 e. The molecule has 3 N–H and O–H groups in total. The first-order chi connectivity index (χ1) is 11.3. The number of aliphatic hydroxyl groups is 1. The summed E-state index contributed by atoms with van der Waals surface area (Å²) in [6, 6.07) is 0. The van der Waals surface area contributed by atoms with Gasteiger partial charge in [0.15, 0.2) is 0 Å². The summed E-state index contributed by atoms with van der Waals surface area (Å²) in [5.41, 5.74) is -0.347. The molecule has 138 valence electrons. The van der Waals surface area contributed by atoms with Gasteiger partial charge in [-0.05, 0) is 39.5 Å². The fraction of sp³-hybridized carbons (Fsp3) is 0.778. The highest BCUT2D eigenvalue weighted by molar-refractivity contribution is 5.75. The van der Waals surface area contributed by atoms with E-state index >= 15 is 0 Å². The number of hydrogen-bond acceptors (Lipinski definition) is 5. The van der Waals surface area contributed by atoms with Gasteiger partial charge in [0, 0.05) is 25.0 Å². The molecule has 0 aromatic heterocycles. The molecule has 0 aromatic rings. The molecule has 1 aliphatic rings. The second kappa shape index (κ2) is 10.5. The van der Waals surface area contributed by atoms with Crippen LogP contribution in [0.15, 0.2) is 12.2 Å². The van der Waals surface area contributed by atoms with Gasteiger partial charge in [0.1, 0.15) is 12.7 Å². The minimum absolute atomic E-state index is 0.0194. The summed E-state index contributed by atoms with van der Waals surface area (Å²) in [6.45, 7) is 6.61. The van der Waals surface area contributed by atoms with E-state index in [1.807, 2.05) is 32.9 Å². The second-order valence-electron chi connectivity index (χ2n) is 7.04. The molecule has 0 aliphatic heterocycles. The molecule has 0 heterocycles. The first-order valence-electron chi connectivity index (χ1n) is 8.87. The molecule has 24 heavy (non-hydrogen) atoms. The lowest BCUT2D eigenvalue weighted by molar-refractivity contribution is -0.150. The monoisotopic (exact) mass is 340 g/mol. The van der Waals surface area contributed by atoms with Crippen molar-refractivity contribution in [3.05, 3.63) is 12.2 Å². The second-order valence-corrected chi connectivity index (χ2v) is 7.04. The van der Waals surface area contributed by atoms with Crippen LogP contribution in [-0.4, -0.2) is 48.3 Å². The molecule has 1 amide bonds. The van der Waals surface area contributed by atoms with Crippen LogP contribution in [0.5, 0.6) is 0 Å². The quantitative estimate of drug-likeness (QED) is 0.415. The number of carbonyl (C=O) groups is 2. The van der Waals surface area contributed by atoms with Crippen molar-refractivity contribution in [2.75, 3.05) is 19.7 Å². The lowest BCUT2D eigenvalue weighted by Crippen LogP contribution is -2.51. The summed E-state index contributed by atoms with van der Waals surface area (Å²) in [6.07, 6.45) is 7.28. The van der Waals surface area contributed by atoms with Gasteiger partial charge in [-0.25, -0.2) is 0 Å². The SMILES string of the molecule is CCCC(=O)NCC(C)(C)NCC(O)COC(=O)C1C=CCCC1. The predicted molar refractivity (Wildman–Crippen MR) is 93.4 cm³/mol. The fourth-order valence-electron chi connectivity index (χ4n) is 2.44. The van der Waals surface area contributed by atoms with E-state index in [0.717, 1.165) is 25.7 Å². The Kier molecular flexibility index (Phi) is 9.00. The maximum Gasteiger partial charge on any atom is 0.312 e. The zero-order valence-electron chi connectivity index (χ0n) is 15.1. The Morgan fingerprint density at radius 3 is 2.79 bits per heavy atom. The Morgan fingerprint density at radius 2 is 2.17 bits per heavy atom. The first kappa shape index (κ1) is 20.6. The van der Waals surface area contributed by atoms with Crippen LogP contribution in [0, 0.1) is 5.92 Å². The van der Waals surface area contributed by atoms with Gasteiger partial charge in [0.25, 0.3) is 0 Å². The summed E-state index contributed by atoms with van der Waals surface area (Å²) in [4.78, 5) is 23.4. The van der Waals surface area contributed by atoms with Gasteiger partial charge >= 0.3 is 5.97 Å². The Balaban J connectivity index is 2.22. The van der Waals surface area contributed by atoms with E-state index in [1.54, 1.807) is 0 Å². The van der Waals surface area contributed by atoms with E-state index < -0.39 is 6.10 Å². The average molecular weight is 340 g/mol. The van der Waals surface area contributed by atoms with Gasteiger partial charge in [-0.1, -0.05) is 19.1 Å². The van der Waals surface area contributed by atoms with Crippen LogP contribution in [0.1, 0.15) is 52.9 Å². The maximum absolute atomic E-state index is 11.9. The van der Waals surface area contributed by atoms with Gasteiger partial charge in [-0.3, -0.25) is 9.59 Å².